The number of hydrogen-bond acceptors (Lipinski definition) is 4. The summed E-state index contributed by atoms with van der Waals surface area (Å²) in [5.74, 6) is -0.544. The van der Waals surface area contributed by atoms with Gasteiger partial charge >= 0.3 is 12.1 Å². The van der Waals surface area contributed by atoms with Crippen LogP contribution in [0.3, 0.4) is 0 Å². The van der Waals surface area contributed by atoms with Gasteiger partial charge in [-0.1, -0.05) is 24.3 Å². The summed E-state index contributed by atoms with van der Waals surface area (Å²) in [6, 6.07) is 13.9. The molecule has 4 N–H and O–H groups in total. The van der Waals surface area contributed by atoms with Gasteiger partial charge in [-0.05, 0) is 41.8 Å². The fourth-order valence-electron chi connectivity index (χ4n) is 2.19. The van der Waals surface area contributed by atoms with Gasteiger partial charge in [0.25, 0.3) is 0 Å². The molecule has 0 aliphatic carbocycles. The smallest absolute Gasteiger partial charge is 0.329 e. The molecule has 7 nitrogen and oxygen atoms in total. The van der Waals surface area contributed by atoms with Crippen molar-refractivity contribution >= 4 is 29.3 Å². The number of nitrogens with one attached hydrogen (secondary N) is 4. The molecule has 7 heteroatoms. The lowest BCUT2D eigenvalue weighted by Gasteiger charge is -2.08. The Balaban J connectivity index is 1.89. The second-order valence-electron chi connectivity index (χ2n) is 5.41. The lowest BCUT2D eigenvalue weighted by atomic mass is 10.0. The van der Waals surface area contributed by atoms with Gasteiger partial charge in [-0.25, -0.2) is 9.59 Å². The molecule has 2 aromatic carbocycles. The Kier molecular flexibility index (Phi) is 6.11. The number of anilines is 2. The third kappa shape index (κ3) is 5.98. The third-order valence-electron chi connectivity index (χ3n) is 3.38. The highest BCUT2D eigenvalue weighted by molar-refractivity contribution is 6.04. The molecule has 130 valence electrons. The van der Waals surface area contributed by atoms with E-state index in [1.54, 1.807) is 12.1 Å². The highest BCUT2D eigenvalue weighted by atomic mass is 16.2. The molecule has 0 radical (unpaired) electrons. The van der Waals surface area contributed by atoms with Crippen molar-refractivity contribution in [1.82, 2.24) is 10.6 Å². The van der Waals surface area contributed by atoms with Crippen LogP contribution in [0, 0.1) is 0 Å². The van der Waals surface area contributed by atoms with E-state index in [9.17, 15) is 14.4 Å². The maximum atomic E-state index is 11.6. The zero-order valence-electron chi connectivity index (χ0n) is 14.1. The minimum Gasteiger partial charge on any atom is -0.388 e. The summed E-state index contributed by atoms with van der Waals surface area (Å²) in [5.41, 5.74) is 3.88. The monoisotopic (exact) mass is 340 g/mol. The van der Waals surface area contributed by atoms with Crippen LogP contribution in [-0.2, 0) is 11.2 Å². The first-order valence-corrected chi connectivity index (χ1v) is 7.71. The number of carbonyl (C=O) groups excluding carboxylic acids is 3. The number of carbonyl (C=O) groups is 3. The normalized spacial score (nSPS) is 9.84. The Labute approximate surface area is 145 Å². The van der Waals surface area contributed by atoms with Crippen LogP contribution in [0.15, 0.2) is 48.5 Å². The van der Waals surface area contributed by atoms with Crippen LogP contribution < -0.4 is 21.3 Å². The number of hydrogen-bond donors (Lipinski definition) is 4. The lowest BCUT2D eigenvalue weighted by Crippen LogP contribution is -2.43. The zero-order valence-corrected chi connectivity index (χ0v) is 14.1. The molecule has 0 heterocycles. The second kappa shape index (κ2) is 8.49. The number of imide groups is 2. The predicted octanol–water partition coefficient (Wildman–Crippen LogP) is 2.70. The van der Waals surface area contributed by atoms with Crippen LogP contribution in [0.5, 0.6) is 0 Å². The van der Waals surface area contributed by atoms with Crippen LogP contribution in [-0.4, -0.2) is 25.0 Å². The van der Waals surface area contributed by atoms with E-state index in [0.29, 0.717) is 5.69 Å². The van der Waals surface area contributed by atoms with Crippen LogP contribution in [0.25, 0.3) is 0 Å². The first kappa shape index (κ1) is 18.0. The minimum atomic E-state index is -0.869. The van der Waals surface area contributed by atoms with Gasteiger partial charge in [0.2, 0.25) is 5.91 Å². The topological polar surface area (TPSA) is 99.3 Å². The fourth-order valence-corrected chi connectivity index (χ4v) is 2.19. The number of urea groups is 2. The van der Waals surface area contributed by atoms with Gasteiger partial charge in [0.1, 0.15) is 0 Å². The molecular weight excluding hydrogens is 320 g/mol. The molecule has 0 bridgehead atoms. The molecule has 5 amide bonds. The molecule has 0 spiro atoms. The summed E-state index contributed by atoms with van der Waals surface area (Å²) >= 11 is 0. The average Bonchev–Trinajstić information content (AvgIpc) is 2.56. The van der Waals surface area contributed by atoms with Crippen molar-refractivity contribution in [3.63, 3.8) is 0 Å². The summed E-state index contributed by atoms with van der Waals surface area (Å²) in [5, 5.41) is 9.54. The molecule has 2 aromatic rings. The number of amides is 5. The first-order valence-electron chi connectivity index (χ1n) is 7.71. The Bertz CT molecular complexity index is 755. The Hall–Kier alpha value is -3.35. The molecular formula is C18H20N4O3. The SMILES string of the molecule is CNc1ccc(Cc2ccc(NC(=O)NC(=O)NC(C)=O)cc2)cc1. The van der Waals surface area contributed by atoms with Crippen LogP contribution in [0.2, 0.25) is 0 Å². The molecule has 0 aromatic heterocycles. The van der Waals surface area contributed by atoms with E-state index >= 15 is 0 Å². The van der Waals surface area contributed by atoms with E-state index in [1.807, 2.05) is 41.9 Å². The summed E-state index contributed by atoms with van der Waals surface area (Å²) in [4.78, 5) is 33.6. The summed E-state index contributed by atoms with van der Waals surface area (Å²) in [6.07, 6.45) is 0.775. The van der Waals surface area contributed by atoms with Crippen molar-refractivity contribution < 1.29 is 14.4 Å². The van der Waals surface area contributed by atoms with Gasteiger partial charge in [-0.15, -0.1) is 0 Å². The maximum Gasteiger partial charge on any atom is 0.329 e. The van der Waals surface area contributed by atoms with Crippen molar-refractivity contribution in [2.75, 3.05) is 17.7 Å². The zero-order chi connectivity index (χ0) is 18.2. The molecule has 2 rings (SSSR count). The molecule has 0 unspecified atom stereocenters. The Morgan fingerprint density at radius 2 is 1.28 bits per heavy atom. The predicted molar refractivity (Wildman–Crippen MR) is 96.6 cm³/mol. The lowest BCUT2D eigenvalue weighted by molar-refractivity contribution is -0.117. The van der Waals surface area contributed by atoms with Crippen molar-refractivity contribution in [2.45, 2.75) is 13.3 Å². The van der Waals surface area contributed by atoms with Crippen molar-refractivity contribution in [1.29, 1.82) is 0 Å². The molecule has 0 atom stereocenters. The van der Waals surface area contributed by atoms with Gasteiger partial charge in [-0.2, -0.15) is 0 Å². The number of rotatable bonds is 4. The van der Waals surface area contributed by atoms with E-state index in [-0.39, 0.29) is 0 Å². The van der Waals surface area contributed by atoms with Crippen LogP contribution in [0.4, 0.5) is 21.0 Å². The van der Waals surface area contributed by atoms with E-state index in [4.69, 9.17) is 0 Å². The van der Waals surface area contributed by atoms with Crippen LogP contribution in [0.1, 0.15) is 18.1 Å². The van der Waals surface area contributed by atoms with Gasteiger partial charge < -0.3 is 10.6 Å². The van der Waals surface area contributed by atoms with Crippen molar-refractivity contribution in [3.8, 4) is 0 Å². The largest absolute Gasteiger partial charge is 0.388 e. The molecule has 0 aliphatic heterocycles. The van der Waals surface area contributed by atoms with Crippen molar-refractivity contribution in [3.05, 3.63) is 59.7 Å². The fraction of sp³-hybridized carbons (Fsp3) is 0.167. The average molecular weight is 340 g/mol. The first-order chi connectivity index (χ1) is 12.0. The maximum absolute atomic E-state index is 11.6. The van der Waals surface area contributed by atoms with E-state index < -0.39 is 18.0 Å². The third-order valence-corrected chi connectivity index (χ3v) is 3.38. The molecule has 0 saturated carbocycles. The highest BCUT2D eigenvalue weighted by Crippen LogP contribution is 2.15. The minimum absolute atomic E-state index is 0.544. The van der Waals surface area contributed by atoms with Gasteiger partial charge in [0, 0.05) is 25.3 Å². The van der Waals surface area contributed by atoms with E-state index in [1.165, 1.54) is 12.5 Å². The molecule has 0 fully saturated rings. The summed E-state index contributed by atoms with van der Waals surface area (Å²) in [7, 11) is 1.88. The Morgan fingerprint density at radius 1 is 0.760 bits per heavy atom. The number of benzene rings is 2. The van der Waals surface area contributed by atoms with Crippen molar-refractivity contribution in [2.24, 2.45) is 0 Å². The highest BCUT2D eigenvalue weighted by Gasteiger charge is 2.08. The van der Waals surface area contributed by atoms with E-state index in [2.05, 4.69) is 22.8 Å². The van der Waals surface area contributed by atoms with Gasteiger partial charge in [0.05, 0.1) is 0 Å². The second-order valence-corrected chi connectivity index (χ2v) is 5.41. The molecule has 0 saturated heterocycles. The quantitative estimate of drug-likeness (QED) is 0.687. The molecule has 0 aliphatic rings. The van der Waals surface area contributed by atoms with Crippen LogP contribution >= 0.6 is 0 Å². The molecule has 25 heavy (non-hydrogen) atoms. The summed E-state index contributed by atoms with van der Waals surface area (Å²) in [6.45, 7) is 1.18. The Morgan fingerprint density at radius 3 is 1.76 bits per heavy atom. The van der Waals surface area contributed by atoms with Gasteiger partial charge in [-0.3, -0.25) is 15.4 Å². The van der Waals surface area contributed by atoms with E-state index in [0.717, 1.165) is 17.7 Å². The van der Waals surface area contributed by atoms with Gasteiger partial charge in [0.15, 0.2) is 0 Å². The standard InChI is InChI=1S/C18H20N4O3/c1-12(23)20-17(24)22-18(25)21-16-9-5-14(6-10-16)11-13-3-7-15(19-2)8-4-13/h3-10,19H,11H2,1-2H3,(H3,20,21,22,23,24,25). The summed E-state index contributed by atoms with van der Waals surface area (Å²) < 4.78 is 0.